The Morgan fingerprint density at radius 2 is 1.81 bits per heavy atom. The molecule has 6 atom stereocenters. The number of carbonyl (C=O) groups is 2. The van der Waals surface area contributed by atoms with Crippen molar-refractivity contribution in [2.45, 2.75) is 73.4 Å². The van der Waals surface area contributed by atoms with E-state index in [2.05, 4.69) is 17.6 Å². The third kappa shape index (κ3) is 6.93. The molecule has 1 aromatic rings. The van der Waals surface area contributed by atoms with E-state index in [0.717, 1.165) is 29.9 Å². The quantitative estimate of drug-likeness (QED) is 0.201. The van der Waals surface area contributed by atoms with Crippen molar-refractivity contribution in [3.63, 3.8) is 0 Å². The molecule has 0 radical (unpaired) electrons. The van der Waals surface area contributed by atoms with E-state index in [4.69, 9.17) is 9.84 Å². The van der Waals surface area contributed by atoms with Gasteiger partial charge in [-0.15, -0.1) is 23.5 Å². The summed E-state index contributed by atoms with van der Waals surface area (Å²) >= 11 is 3.59. The summed E-state index contributed by atoms with van der Waals surface area (Å²) in [6.45, 7) is 1.72. The fourth-order valence-electron chi connectivity index (χ4n) is 4.28. The van der Waals surface area contributed by atoms with Crippen LogP contribution in [0.1, 0.15) is 54.6 Å². The summed E-state index contributed by atoms with van der Waals surface area (Å²) in [7, 11) is 0. The molecule has 12 heteroatoms. The molecule has 0 saturated carbocycles. The van der Waals surface area contributed by atoms with E-state index in [1.54, 1.807) is 47.8 Å². The van der Waals surface area contributed by atoms with Crippen LogP contribution in [0.15, 0.2) is 24.3 Å². The molecule has 2 unspecified atom stereocenters. The fraction of sp³-hybridized carbons (Fsp3) is 0.667. The molecule has 7 N–H and O–H groups in total. The number of hydrogen-bond acceptors (Lipinski definition) is 10. The highest BCUT2D eigenvalue weighted by Crippen LogP contribution is 2.52. The molecule has 2 heterocycles. The number of hydrogen-bond donors (Lipinski definition) is 7. The lowest BCUT2D eigenvalue weighted by Gasteiger charge is -2.40. The molecule has 0 aromatic heterocycles. The van der Waals surface area contributed by atoms with Crippen molar-refractivity contribution < 1.29 is 39.9 Å². The summed E-state index contributed by atoms with van der Waals surface area (Å²) in [4.78, 5) is 24.7. The van der Waals surface area contributed by atoms with Crippen molar-refractivity contribution >= 4 is 35.3 Å². The van der Waals surface area contributed by atoms with Gasteiger partial charge in [0.1, 0.15) is 30.5 Å². The first kappa shape index (κ1) is 29.2. The third-order valence-corrected chi connectivity index (χ3v) is 10.2. The molecular formula is C24H36N2O8S2. The molecule has 1 aromatic carbocycles. The Kier molecular flexibility index (Phi) is 10.9. The van der Waals surface area contributed by atoms with Gasteiger partial charge in [-0.3, -0.25) is 9.59 Å². The van der Waals surface area contributed by atoms with Gasteiger partial charge in [-0.25, -0.2) is 0 Å². The summed E-state index contributed by atoms with van der Waals surface area (Å²) < 4.78 is 4.75. The van der Waals surface area contributed by atoms with Crippen LogP contribution < -0.4 is 10.6 Å². The van der Waals surface area contributed by atoms with Crippen molar-refractivity contribution in [3.05, 3.63) is 35.4 Å². The predicted octanol–water partition coefficient (Wildman–Crippen LogP) is 0.123. The number of carbonyl (C=O) groups excluding carboxylic acids is 2. The number of aliphatic hydroxyl groups is 5. The maximum Gasteiger partial charge on any atom is 0.251 e. The van der Waals surface area contributed by atoms with E-state index >= 15 is 0 Å². The molecule has 2 fully saturated rings. The van der Waals surface area contributed by atoms with E-state index < -0.39 is 49.3 Å². The van der Waals surface area contributed by atoms with Gasteiger partial charge in [-0.05, 0) is 48.5 Å². The topological polar surface area (TPSA) is 169 Å². The highest BCUT2D eigenvalue weighted by molar-refractivity contribution is 8.18. The zero-order chi connectivity index (χ0) is 26.3. The van der Waals surface area contributed by atoms with Gasteiger partial charge in [-0.2, -0.15) is 0 Å². The SMILES string of the molecule is CCC1(C(O)c2ccc(C(=O)NCCCC(=O)N[C@@H]3C(O)O[C@@H](CO)[C@H](O)[C@H]3O)cc2)SCCCS1. The molecule has 36 heavy (non-hydrogen) atoms. The van der Waals surface area contributed by atoms with E-state index in [1.807, 2.05) is 0 Å². The Morgan fingerprint density at radius 3 is 2.42 bits per heavy atom. The van der Waals surface area contributed by atoms with Crippen LogP contribution >= 0.6 is 23.5 Å². The van der Waals surface area contributed by atoms with Crippen molar-refractivity contribution in [1.29, 1.82) is 0 Å². The number of nitrogens with one attached hydrogen (secondary N) is 2. The van der Waals surface area contributed by atoms with E-state index in [0.29, 0.717) is 12.0 Å². The molecule has 10 nitrogen and oxygen atoms in total. The van der Waals surface area contributed by atoms with Crippen molar-refractivity contribution in [2.24, 2.45) is 0 Å². The van der Waals surface area contributed by atoms with Gasteiger partial charge in [0.25, 0.3) is 5.91 Å². The number of thioether (sulfide) groups is 2. The standard InChI is InChI=1S/C24H36N2O8S2/c1-2-24(35-11-4-12-36-24)21(31)14-6-8-15(9-7-14)22(32)25-10-3-5-17(28)26-18-20(30)19(29)16(13-27)34-23(18)33/h6-9,16,18-21,23,27,29-31,33H,2-5,10-13H2,1H3,(H,25,32)(H,26,28)/t16-,18-,19-,20-,21?,23?/m0/s1. The second kappa shape index (κ2) is 13.4. The molecule has 0 spiro atoms. The van der Waals surface area contributed by atoms with Gasteiger partial charge >= 0.3 is 0 Å². The van der Waals surface area contributed by atoms with Gasteiger partial charge in [0.05, 0.1) is 10.7 Å². The van der Waals surface area contributed by atoms with Gasteiger partial charge in [0.15, 0.2) is 6.29 Å². The monoisotopic (exact) mass is 544 g/mol. The molecule has 0 bridgehead atoms. The Morgan fingerprint density at radius 1 is 1.14 bits per heavy atom. The molecule has 0 aliphatic carbocycles. The number of rotatable bonds is 10. The number of aliphatic hydroxyl groups excluding tert-OH is 5. The summed E-state index contributed by atoms with van der Waals surface area (Å²) in [6, 6.07) is 5.67. The molecule has 2 saturated heterocycles. The minimum Gasteiger partial charge on any atom is -0.394 e. The summed E-state index contributed by atoms with van der Waals surface area (Å²) in [5, 5.41) is 55.2. The first-order valence-electron chi connectivity index (χ1n) is 12.2. The lowest BCUT2D eigenvalue weighted by molar-refractivity contribution is -0.253. The Labute approximate surface area is 219 Å². The normalized spacial score (nSPS) is 28.8. The number of benzene rings is 1. The van der Waals surface area contributed by atoms with Crippen molar-refractivity contribution in [3.8, 4) is 0 Å². The second-order valence-electron chi connectivity index (χ2n) is 8.92. The number of ether oxygens (including phenoxy) is 1. The van der Waals surface area contributed by atoms with E-state index in [9.17, 15) is 30.0 Å². The second-order valence-corrected chi connectivity index (χ2v) is 12.0. The zero-order valence-corrected chi connectivity index (χ0v) is 21.8. The summed E-state index contributed by atoms with van der Waals surface area (Å²) in [6.07, 6.45) is -4.01. The summed E-state index contributed by atoms with van der Waals surface area (Å²) in [5.41, 5.74) is 1.22. The van der Waals surface area contributed by atoms with E-state index in [1.165, 1.54) is 0 Å². The fourth-order valence-corrected chi connectivity index (χ4v) is 7.56. The van der Waals surface area contributed by atoms with E-state index in [-0.39, 0.29) is 23.0 Å². The summed E-state index contributed by atoms with van der Waals surface area (Å²) in [5.74, 6) is 1.26. The van der Waals surface area contributed by atoms with Crippen LogP contribution in [-0.2, 0) is 9.53 Å². The van der Waals surface area contributed by atoms with Gasteiger partial charge in [-0.1, -0.05) is 19.1 Å². The largest absolute Gasteiger partial charge is 0.394 e. The van der Waals surface area contributed by atoms with Crippen LogP contribution in [-0.4, -0.2) is 96.7 Å². The van der Waals surface area contributed by atoms with Gasteiger partial charge < -0.3 is 40.9 Å². The minimum absolute atomic E-state index is 0.00923. The molecule has 2 amide bonds. The van der Waals surface area contributed by atoms with Gasteiger partial charge in [0.2, 0.25) is 5.91 Å². The molecule has 2 aliphatic heterocycles. The smallest absolute Gasteiger partial charge is 0.251 e. The van der Waals surface area contributed by atoms with Crippen LogP contribution in [0.4, 0.5) is 0 Å². The van der Waals surface area contributed by atoms with Crippen LogP contribution in [0.25, 0.3) is 0 Å². The van der Waals surface area contributed by atoms with Crippen LogP contribution in [0.2, 0.25) is 0 Å². The Bertz CT molecular complexity index is 868. The third-order valence-electron chi connectivity index (χ3n) is 6.47. The maximum absolute atomic E-state index is 12.5. The average Bonchev–Trinajstić information content (AvgIpc) is 2.91. The van der Waals surface area contributed by atoms with Gasteiger partial charge in [0, 0.05) is 18.5 Å². The molecule has 202 valence electrons. The first-order chi connectivity index (χ1) is 17.2. The molecule has 2 aliphatic rings. The van der Waals surface area contributed by atoms with Crippen LogP contribution in [0, 0.1) is 0 Å². The van der Waals surface area contributed by atoms with Crippen LogP contribution in [0.3, 0.4) is 0 Å². The zero-order valence-electron chi connectivity index (χ0n) is 20.2. The molecule has 3 rings (SSSR count). The maximum atomic E-state index is 12.5. The average molecular weight is 545 g/mol. The number of amides is 2. The van der Waals surface area contributed by atoms with Crippen LogP contribution in [0.5, 0.6) is 0 Å². The lowest BCUT2D eigenvalue weighted by atomic mass is 9.97. The predicted molar refractivity (Wildman–Crippen MR) is 137 cm³/mol. The van der Waals surface area contributed by atoms with Crippen molar-refractivity contribution in [1.82, 2.24) is 10.6 Å². The highest BCUT2D eigenvalue weighted by atomic mass is 32.2. The Hall–Kier alpha value is -1.38. The first-order valence-corrected chi connectivity index (χ1v) is 14.1. The minimum atomic E-state index is -1.58. The van der Waals surface area contributed by atoms with Crippen molar-refractivity contribution in [2.75, 3.05) is 24.7 Å². The highest BCUT2D eigenvalue weighted by Gasteiger charge is 2.44. The lowest BCUT2D eigenvalue weighted by Crippen LogP contribution is -2.64. The molecular weight excluding hydrogens is 508 g/mol. The Balaban J connectivity index is 1.43.